The molecule has 1 aliphatic heterocycles. The third kappa shape index (κ3) is 5.91. The molecule has 2 aromatic carbocycles. The van der Waals surface area contributed by atoms with Crippen LogP contribution in [-0.4, -0.2) is 71.6 Å². The van der Waals surface area contributed by atoms with Crippen LogP contribution in [0.1, 0.15) is 48.5 Å². The average Bonchev–Trinajstić information content (AvgIpc) is 3.76. The van der Waals surface area contributed by atoms with Gasteiger partial charge in [-0.2, -0.15) is 0 Å². The SMILES string of the molecule is CCC(=O)N1CCN(CCCOc2ccc3ccn(-c4cc(C(=O)NC5CC5)ccc4C)c(=O)c3c2)CC1. The summed E-state index contributed by atoms with van der Waals surface area (Å²) in [6, 6.07) is 13.3. The summed E-state index contributed by atoms with van der Waals surface area (Å²) in [5.74, 6) is 0.792. The molecule has 1 saturated carbocycles. The third-order valence-corrected chi connectivity index (χ3v) is 7.44. The van der Waals surface area contributed by atoms with Crippen LogP contribution in [0.15, 0.2) is 53.5 Å². The van der Waals surface area contributed by atoms with Crippen LogP contribution in [-0.2, 0) is 4.79 Å². The summed E-state index contributed by atoms with van der Waals surface area (Å²) in [6.07, 6.45) is 5.25. The van der Waals surface area contributed by atoms with Crippen molar-refractivity contribution >= 4 is 22.6 Å². The van der Waals surface area contributed by atoms with Gasteiger partial charge in [0.05, 0.1) is 17.7 Å². The Morgan fingerprint density at radius 3 is 2.55 bits per heavy atom. The summed E-state index contributed by atoms with van der Waals surface area (Å²) in [5.41, 5.74) is 2.03. The lowest BCUT2D eigenvalue weighted by Gasteiger charge is -2.34. The Kier molecular flexibility index (Phi) is 7.79. The highest BCUT2D eigenvalue weighted by molar-refractivity contribution is 5.95. The minimum absolute atomic E-state index is 0.102. The van der Waals surface area contributed by atoms with Crippen LogP contribution in [0.2, 0.25) is 0 Å². The summed E-state index contributed by atoms with van der Waals surface area (Å²) in [7, 11) is 0. The van der Waals surface area contributed by atoms with Gasteiger partial charge in [0.25, 0.3) is 11.5 Å². The lowest BCUT2D eigenvalue weighted by atomic mass is 10.1. The number of aromatic nitrogens is 1. The molecule has 1 saturated heterocycles. The average molecular weight is 517 g/mol. The number of fused-ring (bicyclic) bond motifs is 1. The molecule has 2 aliphatic rings. The van der Waals surface area contributed by atoms with Gasteiger partial charge in [-0.1, -0.05) is 19.1 Å². The van der Waals surface area contributed by atoms with E-state index in [0.29, 0.717) is 35.4 Å². The van der Waals surface area contributed by atoms with Crippen LogP contribution in [0.4, 0.5) is 0 Å². The molecule has 1 aliphatic carbocycles. The van der Waals surface area contributed by atoms with Crippen molar-refractivity contribution in [2.75, 3.05) is 39.3 Å². The van der Waals surface area contributed by atoms with Gasteiger partial charge in [-0.25, -0.2) is 0 Å². The second-order valence-electron chi connectivity index (χ2n) is 10.3. The van der Waals surface area contributed by atoms with Crippen molar-refractivity contribution in [1.82, 2.24) is 19.7 Å². The first kappa shape index (κ1) is 26.0. The number of pyridine rings is 1. The molecule has 2 heterocycles. The zero-order valence-corrected chi connectivity index (χ0v) is 22.2. The second-order valence-corrected chi connectivity index (χ2v) is 10.3. The van der Waals surface area contributed by atoms with Gasteiger partial charge < -0.3 is 15.0 Å². The lowest BCUT2D eigenvalue weighted by molar-refractivity contribution is -0.132. The van der Waals surface area contributed by atoms with E-state index in [1.54, 1.807) is 22.9 Å². The highest BCUT2D eigenvalue weighted by Crippen LogP contribution is 2.23. The Bertz CT molecular complexity index is 1390. The van der Waals surface area contributed by atoms with Crippen molar-refractivity contribution in [3.05, 3.63) is 70.1 Å². The quantitative estimate of drug-likeness (QED) is 0.440. The second kappa shape index (κ2) is 11.4. The predicted molar refractivity (Wildman–Crippen MR) is 148 cm³/mol. The molecule has 2 amide bonds. The van der Waals surface area contributed by atoms with E-state index >= 15 is 0 Å². The minimum Gasteiger partial charge on any atom is -0.494 e. The summed E-state index contributed by atoms with van der Waals surface area (Å²) in [4.78, 5) is 42.2. The molecule has 1 aromatic heterocycles. The maximum absolute atomic E-state index is 13.5. The van der Waals surface area contributed by atoms with Crippen LogP contribution in [0.5, 0.6) is 5.75 Å². The summed E-state index contributed by atoms with van der Waals surface area (Å²) in [5, 5.41) is 4.44. The summed E-state index contributed by atoms with van der Waals surface area (Å²) < 4.78 is 7.62. The van der Waals surface area contributed by atoms with E-state index < -0.39 is 0 Å². The zero-order valence-electron chi connectivity index (χ0n) is 22.2. The maximum atomic E-state index is 13.5. The monoisotopic (exact) mass is 516 g/mol. The van der Waals surface area contributed by atoms with Gasteiger partial charge in [0.1, 0.15) is 5.75 Å². The predicted octanol–water partition coefficient (Wildman–Crippen LogP) is 3.51. The van der Waals surface area contributed by atoms with E-state index in [1.807, 2.05) is 49.1 Å². The topological polar surface area (TPSA) is 83.9 Å². The molecule has 0 atom stereocenters. The molecule has 38 heavy (non-hydrogen) atoms. The van der Waals surface area contributed by atoms with Gasteiger partial charge in [0.2, 0.25) is 5.91 Å². The van der Waals surface area contributed by atoms with E-state index in [2.05, 4.69) is 10.2 Å². The van der Waals surface area contributed by atoms with Gasteiger partial charge >= 0.3 is 0 Å². The van der Waals surface area contributed by atoms with E-state index in [1.165, 1.54) is 0 Å². The number of carbonyl (C=O) groups excluding carboxylic acids is 2. The normalized spacial score (nSPS) is 16.0. The molecule has 0 spiro atoms. The molecule has 1 N–H and O–H groups in total. The van der Waals surface area contributed by atoms with E-state index in [9.17, 15) is 14.4 Å². The van der Waals surface area contributed by atoms with Crippen LogP contribution < -0.4 is 15.6 Å². The van der Waals surface area contributed by atoms with Crippen molar-refractivity contribution in [1.29, 1.82) is 0 Å². The number of hydrogen-bond acceptors (Lipinski definition) is 5. The van der Waals surface area contributed by atoms with Crippen molar-refractivity contribution in [2.24, 2.45) is 0 Å². The van der Waals surface area contributed by atoms with Gasteiger partial charge in [-0.05, 0) is 67.5 Å². The van der Waals surface area contributed by atoms with Crippen molar-refractivity contribution in [2.45, 2.75) is 45.6 Å². The molecule has 0 bridgehead atoms. The maximum Gasteiger partial charge on any atom is 0.263 e. The number of rotatable bonds is 9. The molecular weight excluding hydrogens is 480 g/mol. The van der Waals surface area contributed by atoms with Gasteiger partial charge in [-0.3, -0.25) is 23.9 Å². The Morgan fingerprint density at radius 2 is 1.82 bits per heavy atom. The van der Waals surface area contributed by atoms with Crippen LogP contribution >= 0.6 is 0 Å². The Hall–Kier alpha value is -3.65. The Balaban J connectivity index is 1.24. The number of amides is 2. The molecule has 5 rings (SSSR count). The first-order valence-electron chi connectivity index (χ1n) is 13.6. The smallest absolute Gasteiger partial charge is 0.263 e. The zero-order chi connectivity index (χ0) is 26.6. The molecular formula is C30H36N4O4. The lowest BCUT2D eigenvalue weighted by Crippen LogP contribution is -2.48. The Morgan fingerprint density at radius 1 is 1.03 bits per heavy atom. The van der Waals surface area contributed by atoms with Crippen molar-refractivity contribution < 1.29 is 14.3 Å². The summed E-state index contributed by atoms with van der Waals surface area (Å²) >= 11 is 0. The molecule has 3 aromatic rings. The molecule has 0 radical (unpaired) electrons. The third-order valence-electron chi connectivity index (χ3n) is 7.44. The van der Waals surface area contributed by atoms with E-state index in [-0.39, 0.29) is 23.4 Å². The molecule has 8 nitrogen and oxygen atoms in total. The number of hydrogen-bond donors (Lipinski definition) is 1. The number of ether oxygens (including phenoxy) is 1. The van der Waals surface area contributed by atoms with Gasteiger partial charge in [-0.15, -0.1) is 0 Å². The molecule has 8 heteroatoms. The van der Waals surface area contributed by atoms with Crippen LogP contribution in [0.3, 0.4) is 0 Å². The Labute approximate surface area is 223 Å². The fourth-order valence-corrected chi connectivity index (χ4v) is 4.93. The van der Waals surface area contributed by atoms with E-state index in [4.69, 9.17) is 4.74 Å². The number of benzene rings is 2. The van der Waals surface area contributed by atoms with Crippen LogP contribution in [0.25, 0.3) is 16.5 Å². The number of piperazine rings is 1. The highest BCUT2D eigenvalue weighted by Gasteiger charge is 2.24. The minimum atomic E-state index is -0.143. The van der Waals surface area contributed by atoms with Crippen molar-refractivity contribution in [3.8, 4) is 11.4 Å². The van der Waals surface area contributed by atoms with Crippen molar-refractivity contribution in [3.63, 3.8) is 0 Å². The largest absolute Gasteiger partial charge is 0.494 e. The fourth-order valence-electron chi connectivity index (χ4n) is 4.93. The number of nitrogens with zero attached hydrogens (tertiary/aromatic N) is 3. The van der Waals surface area contributed by atoms with E-state index in [0.717, 1.165) is 62.9 Å². The number of carbonyl (C=O) groups is 2. The highest BCUT2D eigenvalue weighted by atomic mass is 16.5. The molecule has 2 fully saturated rings. The van der Waals surface area contributed by atoms with Crippen LogP contribution in [0, 0.1) is 6.92 Å². The first-order chi connectivity index (χ1) is 18.4. The first-order valence-corrected chi connectivity index (χ1v) is 13.6. The molecule has 200 valence electrons. The van der Waals surface area contributed by atoms with Gasteiger partial charge in [0.15, 0.2) is 0 Å². The standard InChI is InChI=1S/C30H36N4O4/c1-3-28(35)33-16-14-32(15-17-33)12-4-18-38-25-10-7-22-11-13-34(30(37)26(22)20-25)27-19-23(6-5-21(27)2)29(36)31-24-8-9-24/h5-7,10-11,13,19-20,24H,3-4,8-9,12,14-18H2,1-2H3,(H,31,36). The molecule has 0 unspecified atom stereocenters. The number of nitrogens with one attached hydrogen (secondary N) is 1. The van der Waals surface area contributed by atoms with Gasteiger partial charge in [0, 0.05) is 56.9 Å². The number of aryl methyl sites for hydroxylation is 1. The fraction of sp³-hybridized carbons (Fsp3) is 0.433. The summed E-state index contributed by atoms with van der Waals surface area (Å²) in [6.45, 7) is 8.68.